The molecule has 0 aliphatic carbocycles. The van der Waals surface area contributed by atoms with Crippen LogP contribution in [0, 0.1) is 18.8 Å². The van der Waals surface area contributed by atoms with Crippen molar-refractivity contribution in [2.24, 2.45) is 11.8 Å². The molecule has 0 aromatic carbocycles. The van der Waals surface area contributed by atoms with E-state index >= 15 is 0 Å². The van der Waals surface area contributed by atoms with Crippen LogP contribution in [0.4, 0.5) is 0 Å². The van der Waals surface area contributed by atoms with Crippen molar-refractivity contribution in [2.75, 3.05) is 32.7 Å². The Hall–Kier alpha value is -1.82. The van der Waals surface area contributed by atoms with Crippen LogP contribution in [0.1, 0.15) is 44.9 Å². The van der Waals surface area contributed by atoms with Gasteiger partial charge in [-0.3, -0.25) is 19.1 Å². The first-order valence-electron chi connectivity index (χ1n) is 12.1. The van der Waals surface area contributed by atoms with Gasteiger partial charge in [-0.15, -0.1) is 11.3 Å². The number of likely N-dealkylation sites (N-methyl/N-ethyl adjacent to an activating group) is 1. The van der Waals surface area contributed by atoms with Crippen molar-refractivity contribution in [1.82, 2.24) is 24.1 Å². The second kappa shape index (κ2) is 10.0. The molecule has 0 bridgehead atoms. The van der Waals surface area contributed by atoms with Crippen molar-refractivity contribution >= 4 is 37.5 Å². The number of aryl methyl sites for hydroxylation is 1. The number of fused-ring (bicyclic) bond motifs is 1. The van der Waals surface area contributed by atoms with Gasteiger partial charge in [-0.25, -0.2) is 13.4 Å². The molecule has 11 heteroatoms. The summed E-state index contributed by atoms with van der Waals surface area (Å²) in [7, 11) is -3.86. The minimum atomic E-state index is -3.86. The molecule has 34 heavy (non-hydrogen) atoms. The molecule has 1 N–H and O–H groups in total. The van der Waals surface area contributed by atoms with Crippen LogP contribution in [0.15, 0.2) is 16.0 Å². The number of hydrogen-bond acceptors (Lipinski definition) is 7. The monoisotopic (exact) mass is 509 g/mol. The summed E-state index contributed by atoms with van der Waals surface area (Å²) < 4.78 is 30.0. The van der Waals surface area contributed by atoms with Crippen LogP contribution in [0.3, 0.4) is 0 Å². The minimum absolute atomic E-state index is 0.0469. The van der Waals surface area contributed by atoms with E-state index in [0.29, 0.717) is 35.4 Å². The van der Waals surface area contributed by atoms with E-state index in [1.165, 1.54) is 26.5 Å². The van der Waals surface area contributed by atoms with Gasteiger partial charge in [0.25, 0.3) is 5.56 Å². The fourth-order valence-electron chi connectivity index (χ4n) is 5.45. The SMILES string of the molecule is CCN1CCC[C@H]1CNC(=O)Cn1cnc2sc(C)c(S(=O)(=O)N3C[C@H](C)C[C@H](C)C3)c2c1=O. The standard InChI is InChI=1S/C23H35N5O4S2/c1-5-26-8-6-7-18(26)10-24-19(29)13-27-14-25-22-20(23(27)30)21(17(4)33-22)34(31,32)28-11-15(2)9-16(3)12-28/h14-16,18H,5-13H2,1-4H3,(H,24,29)/t15-,16+,18-/m0/s1. The molecule has 0 spiro atoms. The van der Waals surface area contributed by atoms with Crippen LogP contribution in [0.2, 0.25) is 0 Å². The number of sulfonamides is 1. The first kappa shape index (κ1) is 25.3. The van der Waals surface area contributed by atoms with Gasteiger partial charge in [-0.05, 0) is 51.1 Å². The maximum atomic E-state index is 13.6. The van der Waals surface area contributed by atoms with Gasteiger partial charge in [0.05, 0.1) is 11.7 Å². The van der Waals surface area contributed by atoms with E-state index in [-0.39, 0.29) is 34.6 Å². The number of likely N-dealkylation sites (tertiary alicyclic amines) is 1. The van der Waals surface area contributed by atoms with Gasteiger partial charge in [-0.1, -0.05) is 20.8 Å². The topological polar surface area (TPSA) is 105 Å². The van der Waals surface area contributed by atoms with Gasteiger partial charge < -0.3 is 5.32 Å². The molecule has 188 valence electrons. The summed E-state index contributed by atoms with van der Waals surface area (Å²) in [4.78, 5) is 33.7. The Morgan fingerprint density at radius 1 is 1.26 bits per heavy atom. The highest BCUT2D eigenvalue weighted by Gasteiger charge is 2.36. The molecule has 9 nitrogen and oxygen atoms in total. The largest absolute Gasteiger partial charge is 0.353 e. The molecule has 3 atom stereocenters. The average Bonchev–Trinajstić information content (AvgIpc) is 3.37. The summed E-state index contributed by atoms with van der Waals surface area (Å²) in [5.41, 5.74) is -0.489. The van der Waals surface area contributed by atoms with Crippen LogP contribution in [-0.4, -0.2) is 71.8 Å². The lowest BCUT2D eigenvalue weighted by molar-refractivity contribution is -0.121. The van der Waals surface area contributed by atoms with Crippen LogP contribution in [-0.2, 0) is 21.4 Å². The predicted octanol–water partition coefficient (Wildman–Crippen LogP) is 2.03. The van der Waals surface area contributed by atoms with Crippen molar-refractivity contribution in [3.63, 3.8) is 0 Å². The zero-order valence-electron chi connectivity index (χ0n) is 20.4. The van der Waals surface area contributed by atoms with Crippen LogP contribution >= 0.6 is 11.3 Å². The molecule has 2 aliphatic rings. The molecule has 2 fully saturated rings. The van der Waals surface area contributed by atoms with Crippen molar-refractivity contribution in [3.05, 3.63) is 21.6 Å². The van der Waals surface area contributed by atoms with E-state index in [4.69, 9.17) is 0 Å². The highest BCUT2D eigenvalue weighted by Crippen LogP contribution is 2.35. The maximum Gasteiger partial charge on any atom is 0.263 e. The van der Waals surface area contributed by atoms with Crippen molar-refractivity contribution in [2.45, 2.75) is 64.4 Å². The molecular formula is C23H35N5O4S2. The van der Waals surface area contributed by atoms with Crippen molar-refractivity contribution < 1.29 is 13.2 Å². The number of hydrogen-bond donors (Lipinski definition) is 1. The van der Waals surface area contributed by atoms with Gasteiger partial charge in [0.2, 0.25) is 15.9 Å². The number of carbonyl (C=O) groups is 1. The van der Waals surface area contributed by atoms with E-state index in [1.54, 1.807) is 6.92 Å². The summed E-state index contributed by atoms with van der Waals surface area (Å²) in [5.74, 6) is 0.234. The van der Waals surface area contributed by atoms with E-state index in [2.05, 4.69) is 36.0 Å². The van der Waals surface area contributed by atoms with E-state index in [1.807, 2.05) is 0 Å². The Balaban J connectivity index is 1.59. The molecular weight excluding hydrogens is 474 g/mol. The Kier molecular flexibility index (Phi) is 7.47. The van der Waals surface area contributed by atoms with E-state index in [9.17, 15) is 18.0 Å². The van der Waals surface area contributed by atoms with Crippen molar-refractivity contribution in [1.29, 1.82) is 0 Å². The summed E-state index contributed by atoms with van der Waals surface area (Å²) >= 11 is 1.21. The highest BCUT2D eigenvalue weighted by molar-refractivity contribution is 7.89. The molecule has 1 amide bonds. The number of aromatic nitrogens is 2. The second-order valence-electron chi connectivity index (χ2n) is 9.84. The number of carbonyl (C=O) groups excluding carboxylic acids is 1. The first-order chi connectivity index (χ1) is 16.1. The van der Waals surface area contributed by atoms with Gasteiger partial charge in [0.15, 0.2) is 0 Å². The molecule has 4 rings (SSSR count). The Morgan fingerprint density at radius 3 is 2.65 bits per heavy atom. The van der Waals surface area contributed by atoms with Crippen LogP contribution in [0.5, 0.6) is 0 Å². The summed E-state index contributed by atoms with van der Waals surface area (Å²) in [5, 5.41) is 3.03. The van der Waals surface area contributed by atoms with Crippen LogP contribution < -0.4 is 10.9 Å². The van der Waals surface area contributed by atoms with E-state index in [0.717, 1.165) is 32.4 Å². The van der Waals surface area contributed by atoms with Crippen LogP contribution in [0.25, 0.3) is 10.2 Å². The van der Waals surface area contributed by atoms with Gasteiger partial charge in [0, 0.05) is 30.6 Å². The highest BCUT2D eigenvalue weighted by atomic mass is 32.2. The van der Waals surface area contributed by atoms with Gasteiger partial charge in [-0.2, -0.15) is 4.31 Å². The lowest BCUT2D eigenvalue weighted by Gasteiger charge is -2.34. The first-order valence-corrected chi connectivity index (χ1v) is 14.4. The number of nitrogens with one attached hydrogen (secondary N) is 1. The molecule has 2 aliphatic heterocycles. The Morgan fingerprint density at radius 2 is 1.97 bits per heavy atom. The van der Waals surface area contributed by atoms with E-state index < -0.39 is 15.6 Å². The zero-order chi connectivity index (χ0) is 24.6. The Bertz CT molecular complexity index is 1210. The predicted molar refractivity (Wildman–Crippen MR) is 134 cm³/mol. The molecule has 0 unspecified atom stereocenters. The van der Waals surface area contributed by atoms with Gasteiger partial charge >= 0.3 is 0 Å². The Labute approximate surface area is 205 Å². The van der Waals surface area contributed by atoms with Crippen molar-refractivity contribution in [3.8, 4) is 0 Å². The third-order valence-corrected chi connectivity index (χ3v) is 10.1. The quantitative estimate of drug-likeness (QED) is 0.613. The second-order valence-corrected chi connectivity index (χ2v) is 12.9. The van der Waals surface area contributed by atoms with Gasteiger partial charge in [0.1, 0.15) is 16.3 Å². The fourth-order valence-corrected chi connectivity index (χ4v) is 8.80. The number of rotatable bonds is 7. The average molecular weight is 510 g/mol. The molecule has 2 aromatic rings. The fraction of sp³-hybridized carbons (Fsp3) is 0.696. The number of thiophene rings is 1. The minimum Gasteiger partial charge on any atom is -0.353 e. The number of piperidine rings is 1. The number of amides is 1. The lowest BCUT2D eigenvalue weighted by Crippen LogP contribution is -2.43. The third-order valence-electron chi connectivity index (χ3n) is 6.99. The summed E-state index contributed by atoms with van der Waals surface area (Å²) in [6.45, 7) is 11.2. The molecule has 0 radical (unpaired) electrons. The normalized spacial score (nSPS) is 24.6. The summed E-state index contributed by atoms with van der Waals surface area (Å²) in [6.07, 6.45) is 4.49. The third kappa shape index (κ3) is 4.93. The molecule has 0 saturated carbocycles. The maximum absolute atomic E-state index is 13.6. The molecule has 2 saturated heterocycles. The smallest absolute Gasteiger partial charge is 0.263 e. The molecule has 2 aromatic heterocycles. The number of nitrogens with zero attached hydrogens (tertiary/aromatic N) is 4. The zero-order valence-corrected chi connectivity index (χ0v) is 22.0. The summed E-state index contributed by atoms with van der Waals surface area (Å²) in [6, 6.07) is 0.317. The molecule has 4 heterocycles. The lowest BCUT2D eigenvalue weighted by atomic mass is 9.94.